The fourth-order valence-electron chi connectivity index (χ4n) is 5.11. The Hall–Kier alpha value is -2.92. The molecule has 0 spiro atoms. The third-order valence-corrected chi connectivity index (χ3v) is 7.12. The van der Waals surface area contributed by atoms with Gasteiger partial charge in [-0.25, -0.2) is 4.98 Å². The number of nitriles is 1. The molecular formula is C25H31N5O3. The van der Waals surface area contributed by atoms with Crippen molar-refractivity contribution in [1.29, 1.82) is 5.26 Å². The van der Waals surface area contributed by atoms with E-state index >= 15 is 0 Å². The highest BCUT2D eigenvalue weighted by Gasteiger charge is 2.39. The maximum atomic E-state index is 13.1. The molecule has 1 saturated heterocycles. The zero-order valence-electron chi connectivity index (χ0n) is 19.8. The Morgan fingerprint density at radius 2 is 2.06 bits per heavy atom. The average Bonchev–Trinajstić information content (AvgIpc) is 3.49. The Labute approximate surface area is 194 Å². The highest BCUT2D eigenvalue weighted by atomic mass is 16.5. The van der Waals surface area contributed by atoms with Gasteiger partial charge in [0.25, 0.3) is 5.91 Å². The zero-order chi connectivity index (χ0) is 23.3. The summed E-state index contributed by atoms with van der Waals surface area (Å²) in [6.07, 6.45) is 4.42. The lowest BCUT2D eigenvalue weighted by Gasteiger charge is -2.44. The molecule has 0 bridgehead atoms. The number of anilines is 1. The zero-order valence-corrected chi connectivity index (χ0v) is 19.8. The Kier molecular flexibility index (Phi) is 5.40. The molecule has 3 aliphatic rings. The first kappa shape index (κ1) is 21.9. The van der Waals surface area contributed by atoms with Crippen LogP contribution in [0.1, 0.15) is 79.3 Å². The number of fused-ring (bicyclic) bond motifs is 1. The molecule has 2 fully saturated rings. The Morgan fingerprint density at radius 3 is 2.70 bits per heavy atom. The normalized spacial score (nSPS) is 22.2. The number of hydrogen-bond donors (Lipinski definition) is 0. The number of piperazine rings is 1. The van der Waals surface area contributed by atoms with Crippen LogP contribution in [-0.4, -0.2) is 52.2 Å². The van der Waals surface area contributed by atoms with E-state index in [0.29, 0.717) is 49.8 Å². The molecule has 0 unspecified atom stereocenters. The molecule has 1 aliphatic carbocycles. The van der Waals surface area contributed by atoms with E-state index in [1.54, 1.807) is 6.07 Å². The van der Waals surface area contributed by atoms with Gasteiger partial charge in [-0.1, -0.05) is 19.0 Å². The third kappa shape index (κ3) is 3.99. The molecule has 1 amide bonds. The number of pyridine rings is 1. The van der Waals surface area contributed by atoms with Gasteiger partial charge >= 0.3 is 0 Å². The minimum atomic E-state index is -0.304. The van der Waals surface area contributed by atoms with Gasteiger partial charge in [0.15, 0.2) is 5.69 Å². The molecule has 8 heteroatoms. The van der Waals surface area contributed by atoms with Gasteiger partial charge < -0.3 is 19.1 Å². The third-order valence-electron chi connectivity index (χ3n) is 7.12. The molecule has 2 aliphatic heterocycles. The number of rotatable bonds is 4. The van der Waals surface area contributed by atoms with Crippen LogP contribution in [0.2, 0.25) is 0 Å². The van der Waals surface area contributed by atoms with Crippen LogP contribution in [0, 0.1) is 17.2 Å². The molecule has 0 N–H and O–H groups in total. The lowest BCUT2D eigenvalue weighted by molar-refractivity contribution is -0.0407. The summed E-state index contributed by atoms with van der Waals surface area (Å²) in [7, 11) is 0. The van der Waals surface area contributed by atoms with Gasteiger partial charge in [0.2, 0.25) is 0 Å². The lowest BCUT2D eigenvalue weighted by atomic mass is 9.87. The molecule has 5 rings (SSSR count). The van der Waals surface area contributed by atoms with E-state index in [0.717, 1.165) is 35.5 Å². The summed E-state index contributed by atoms with van der Waals surface area (Å²) in [6.45, 7) is 10.7. The molecule has 0 radical (unpaired) electrons. The molecule has 33 heavy (non-hydrogen) atoms. The van der Waals surface area contributed by atoms with Crippen LogP contribution in [0.3, 0.4) is 0 Å². The van der Waals surface area contributed by atoms with E-state index in [1.807, 2.05) is 4.90 Å². The van der Waals surface area contributed by atoms with Crippen LogP contribution in [0.15, 0.2) is 16.9 Å². The van der Waals surface area contributed by atoms with Gasteiger partial charge in [-0.15, -0.1) is 0 Å². The number of nitrogens with zero attached hydrogens (tertiary/aromatic N) is 5. The van der Waals surface area contributed by atoms with Crippen molar-refractivity contribution in [2.75, 3.05) is 24.5 Å². The van der Waals surface area contributed by atoms with Crippen LogP contribution in [0.25, 0.3) is 0 Å². The number of carbonyl (C=O) groups excluding carboxylic acids is 1. The van der Waals surface area contributed by atoms with Gasteiger partial charge in [0.1, 0.15) is 18.2 Å². The Bertz CT molecular complexity index is 1100. The number of aromatic nitrogens is 2. The minimum absolute atomic E-state index is 0.0172. The number of ether oxygens (including phenoxy) is 1. The van der Waals surface area contributed by atoms with Crippen molar-refractivity contribution in [3.63, 3.8) is 0 Å². The van der Waals surface area contributed by atoms with Crippen molar-refractivity contribution < 1.29 is 14.1 Å². The van der Waals surface area contributed by atoms with Gasteiger partial charge in [-0.05, 0) is 38.2 Å². The first-order chi connectivity index (χ1) is 15.8. The van der Waals surface area contributed by atoms with Crippen LogP contribution >= 0.6 is 0 Å². The van der Waals surface area contributed by atoms with Crippen molar-refractivity contribution in [3.05, 3.63) is 40.4 Å². The van der Waals surface area contributed by atoms with Gasteiger partial charge in [0, 0.05) is 43.6 Å². The standard InChI is InChI=1S/C25H31N5O3/c1-15(2)21-13-29(8-9-30(21)24(31)20-7-10-33-28-20)23-18(12-26)17-11-25(3,4)32-14-19(17)22(27-23)16-5-6-16/h7,10,15-16,21H,5-6,8-9,11,13-14H2,1-4H3/t21-/m0/s1. The second kappa shape index (κ2) is 8.14. The first-order valence-electron chi connectivity index (χ1n) is 11.8. The van der Waals surface area contributed by atoms with Crippen LogP contribution < -0.4 is 4.90 Å². The molecule has 8 nitrogen and oxygen atoms in total. The fourth-order valence-corrected chi connectivity index (χ4v) is 5.11. The molecule has 1 atom stereocenters. The molecule has 0 aromatic carbocycles. The van der Waals surface area contributed by atoms with Crippen LogP contribution in [-0.2, 0) is 17.8 Å². The smallest absolute Gasteiger partial charge is 0.276 e. The summed E-state index contributed by atoms with van der Waals surface area (Å²) >= 11 is 0. The molecule has 2 aromatic heterocycles. The quantitative estimate of drug-likeness (QED) is 0.703. The van der Waals surface area contributed by atoms with Crippen molar-refractivity contribution in [2.24, 2.45) is 5.92 Å². The fraction of sp³-hybridized carbons (Fsp3) is 0.600. The predicted molar refractivity (Wildman–Crippen MR) is 122 cm³/mol. The second-order valence-corrected chi connectivity index (χ2v) is 10.4. The van der Waals surface area contributed by atoms with Crippen molar-refractivity contribution >= 4 is 11.7 Å². The first-order valence-corrected chi connectivity index (χ1v) is 11.8. The van der Waals surface area contributed by atoms with E-state index in [9.17, 15) is 10.1 Å². The van der Waals surface area contributed by atoms with E-state index in [4.69, 9.17) is 14.2 Å². The van der Waals surface area contributed by atoms with Crippen molar-refractivity contribution in [3.8, 4) is 6.07 Å². The second-order valence-electron chi connectivity index (χ2n) is 10.4. The highest BCUT2D eigenvalue weighted by molar-refractivity contribution is 5.92. The van der Waals surface area contributed by atoms with Gasteiger partial charge in [-0.3, -0.25) is 4.79 Å². The molecule has 174 valence electrons. The summed E-state index contributed by atoms with van der Waals surface area (Å²) < 4.78 is 11.0. The summed E-state index contributed by atoms with van der Waals surface area (Å²) in [5.74, 6) is 1.36. The summed E-state index contributed by atoms with van der Waals surface area (Å²) in [5.41, 5.74) is 4.03. The minimum Gasteiger partial charge on any atom is -0.370 e. The molecule has 1 saturated carbocycles. The number of hydrogen-bond acceptors (Lipinski definition) is 7. The summed E-state index contributed by atoms with van der Waals surface area (Å²) in [6, 6.07) is 4.07. The summed E-state index contributed by atoms with van der Waals surface area (Å²) in [4.78, 5) is 22.3. The Balaban J connectivity index is 1.51. The maximum Gasteiger partial charge on any atom is 0.276 e. The van der Waals surface area contributed by atoms with Crippen LogP contribution in [0.4, 0.5) is 5.82 Å². The number of amides is 1. The summed E-state index contributed by atoms with van der Waals surface area (Å²) in [5, 5.41) is 14.1. The van der Waals surface area contributed by atoms with E-state index in [-0.39, 0.29) is 23.5 Å². The van der Waals surface area contributed by atoms with E-state index in [1.165, 1.54) is 6.26 Å². The van der Waals surface area contributed by atoms with Crippen molar-refractivity contribution in [2.45, 2.75) is 71.1 Å². The maximum absolute atomic E-state index is 13.1. The average molecular weight is 450 g/mol. The van der Waals surface area contributed by atoms with Gasteiger partial charge in [0.05, 0.1) is 29.5 Å². The number of carbonyl (C=O) groups is 1. The SMILES string of the molecule is CC(C)[C@@H]1CN(c2nc(C3CC3)c3c(c2C#N)CC(C)(C)OC3)CCN1C(=O)c1ccon1. The molecule has 2 aromatic rings. The van der Waals surface area contributed by atoms with E-state index in [2.05, 4.69) is 43.8 Å². The monoisotopic (exact) mass is 449 g/mol. The van der Waals surface area contributed by atoms with E-state index < -0.39 is 0 Å². The molecule has 4 heterocycles. The van der Waals surface area contributed by atoms with Gasteiger partial charge in [-0.2, -0.15) is 5.26 Å². The lowest BCUT2D eigenvalue weighted by Crippen LogP contribution is -2.57. The predicted octanol–water partition coefficient (Wildman–Crippen LogP) is 3.66. The highest BCUT2D eigenvalue weighted by Crippen LogP contribution is 2.46. The largest absolute Gasteiger partial charge is 0.370 e. The topological polar surface area (TPSA) is 95.5 Å². The van der Waals surface area contributed by atoms with Crippen molar-refractivity contribution in [1.82, 2.24) is 15.0 Å². The molecular weight excluding hydrogens is 418 g/mol. The Morgan fingerprint density at radius 1 is 1.27 bits per heavy atom. The van der Waals surface area contributed by atoms with Crippen LogP contribution in [0.5, 0.6) is 0 Å².